The summed E-state index contributed by atoms with van der Waals surface area (Å²) in [6.07, 6.45) is 0.198. The number of carbonyl (C=O) groups excluding carboxylic acids is 2. The molecule has 1 aliphatic heterocycles. The van der Waals surface area contributed by atoms with Gasteiger partial charge < -0.3 is 10.1 Å². The van der Waals surface area contributed by atoms with E-state index in [4.69, 9.17) is 4.74 Å². The van der Waals surface area contributed by atoms with Crippen molar-refractivity contribution in [2.45, 2.75) is 6.42 Å². The summed E-state index contributed by atoms with van der Waals surface area (Å²) in [5.74, 6) is -0.0000537. The molecule has 122 valence electrons. The summed E-state index contributed by atoms with van der Waals surface area (Å²) in [5, 5.41) is 10.8. The van der Waals surface area contributed by atoms with Gasteiger partial charge in [0.15, 0.2) is 5.82 Å². The minimum absolute atomic E-state index is 0.0896. The first kappa shape index (κ1) is 15.9. The quantitative estimate of drug-likeness (QED) is 0.768. The maximum Gasteiger partial charge on any atom is 0.229 e. The number of rotatable bonds is 5. The van der Waals surface area contributed by atoms with Crippen LogP contribution in [-0.2, 0) is 14.3 Å². The third-order valence-electron chi connectivity index (χ3n) is 3.86. The van der Waals surface area contributed by atoms with Gasteiger partial charge in [-0.25, -0.2) is 0 Å². The van der Waals surface area contributed by atoms with Gasteiger partial charge in [-0.3, -0.25) is 19.6 Å². The Bertz CT molecular complexity index is 745. The smallest absolute Gasteiger partial charge is 0.229 e. The summed E-state index contributed by atoms with van der Waals surface area (Å²) in [4.78, 5) is 26.0. The first-order chi connectivity index (χ1) is 11.1. The lowest BCUT2D eigenvalue weighted by Crippen LogP contribution is -2.34. The van der Waals surface area contributed by atoms with Crippen LogP contribution < -0.4 is 10.2 Å². The Hall–Kier alpha value is -1.93. The minimum atomic E-state index is -0.360. The second-order valence-electron chi connectivity index (χ2n) is 5.43. The van der Waals surface area contributed by atoms with Gasteiger partial charge in [-0.05, 0) is 18.2 Å². The molecule has 0 bridgehead atoms. The first-order valence-electron chi connectivity index (χ1n) is 7.31. The van der Waals surface area contributed by atoms with E-state index in [2.05, 4.69) is 31.4 Å². The van der Waals surface area contributed by atoms with Crippen LogP contribution in [0.5, 0.6) is 0 Å². The highest BCUT2D eigenvalue weighted by Gasteiger charge is 2.36. The number of ether oxygens (including phenoxy) is 1. The molecule has 7 nitrogen and oxygen atoms in total. The van der Waals surface area contributed by atoms with Crippen LogP contribution in [0, 0.1) is 5.92 Å². The van der Waals surface area contributed by atoms with Gasteiger partial charge in [0, 0.05) is 36.5 Å². The summed E-state index contributed by atoms with van der Waals surface area (Å²) < 4.78 is 5.84. The second-order valence-corrected chi connectivity index (χ2v) is 6.34. The van der Waals surface area contributed by atoms with Gasteiger partial charge in [0.1, 0.15) is 0 Å². The van der Waals surface area contributed by atoms with Crippen molar-refractivity contribution in [1.29, 1.82) is 0 Å². The zero-order valence-electron chi connectivity index (χ0n) is 12.6. The molecule has 1 aromatic carbocycles. The molecule has 23 heavy (non-hydrogen) atoms. The lowest BCUT2D eigenvalue weighted by Gasteiger charge is -2.14. The zero-order chi connectivity index (χ0) is 16.4. The normalized spacial score (nSPS) is 17.9. The van der Waals surface area contributed by atoms with Gasteiger partial charge in [-0.2, -0.15) is 5.10 Å². The van der Waals surface area contributed by atoms with E-state index in [1.54, 1.807) is 12.0 Å². The van der Waals surface area contributed by atoms with Crippen molar-refractivity contribution in [2.75, 3.05) is 31.7 Å². The number of hydrogen-bond acceptors (Lipinski definition) is 4. The minimum Gasteiger partial charge on any atom is -0.383 e. The Morgan fingerprint density at radius 1 is 1.57 bits per heavy atom. The van der Waals surface area contributed by atoms with E-state index < -0.39 is 0 Å². The Labute approximate surface area is 141 Å². The molecule has 0 saturated carbocycles. The summed E-state index contributed by atoms with van der Waals surface area (Å²) in [7, 11) is 1.58. The molecule has 0 unspecified atom stereocenters. The molecule has 8 heteroatoms. The van der Waals surface area contributed by atoms with Gasteiger partial charge in [0.2, 0.25) is 11.8 Å². The fourth-order valence-corrected chi connectivity index (χ4v) is 3.05. The number of benzene rings is 1. The summed E-state index contributed by atoms with van der Waals surface area (Å²) >= 11 is 3.40. The first-order valence-corrected chi connectivity index (χ1v) is 8.10. The number of halogens is 1. The van der Waals surface area contributed by atoms with Crippen LogP contribution >= 0.6 is 15.9 Å². The third-order valence-corrected chi connectivity index (χ3v) is 4.35. The van der Waals surface area contributed by atoms with E-state index in [1.807, 2.05) is 18.2 Å². The molecular weight excluding hydrogens is 364 g/mol. The van der Waals surface area contributed by atoms with E-state index in [1.165, 1.54) is 0 Å². The van der Waals surface area contributed by atoms with Gasteiger partial charge in [0.05, 0.1) is 18.0 Å². The van der Waals surface area contributed by atoms with Crippen LogP contribution in [0.4, 0.5) is 5.82 Å². The number of aromatic nitrogens is 2. The van der Waals surface area contributed by atoms with Crippen molar-refractivity contribution < 1.29 is 14.3 Å². The molecule has 1 aromatic heterocycles. The van der Waals surface area contributed by atoms with E-state index in [9.17, 15) is 9.59 Å². The highest BCUT2D eigenvalue weighted by Crippen LogP contribution is 2.31. The Morgan fingerprint density at radius 3 is 3.17 bits per heavy atom. The van der Waals surface area contributed by atoms with Crippen molar-refractivity contribution in [1.82, 2.24) is 15.5 Å². The van der Waals surface area contributed by atoms with Crippen molar-refractivity contribution in [3.8, 4) is 0 Å². The number of aromatic amines is 1. The lowest BCUT2D eigenvalue weighted by atomic mass is 10.1. The predicted molar refractivity (Wildman–Crippen MR) is 89.1 cm³/mol. The highest BCUT2D eigenvalue weighted by atomic mass is 79.9. The van der Waals surface area contributed by atoms with Crippen molar-refractivity contribution in [2.24, 2.45) is 5.92 Å². The molecule has 1 fully saturated rings. The van der Waals surface area contributed by atoms with Gasteiger partial charge in [0.25, 0.3) is 0 Å². The maximum absolute atomic E-state index is 12.3. The summed E-state index contributed by atoms with van der Waals surface area (Å²) in [6.45, 7) is 1.24. The standard InChI is InChI=1S/C15H17BrN4O3/c1-23-5-4-17-15(22)9-6-13(21)20(8-9)14-11-3-2-10(16)7-12(11)18-19-14/h2-3,7,9H,4-6,8H2,1H3,(H,17,22)(H,18,19)/t9-/m0/s1. The molecule has 0 radical (unpaired) electrons. The zero-order valence-corrected chi connectivity index (χ0v) is 14.2. The fraction of sp³-hybridized carbons (Fsp3) is 0.400. The molecule has 0 spiro atoms. The monoisotopic (exact) mass is 380 g/mol. The number of H-pyrrole nitrogens is 1. The molecule has 0 aliphatic carbocycles. The molecule has 2 heterocycles. The van der Waals surface area contributed by atoms with Gasteiger partial charge >= 0.3 is 0 Å². The number of methoxy groups -OCH3 is 1. The van der Waals surface area contributed by atoms with Crippen LogP contribution in [0.2, 0.25) is 0 Å². The molecule has 2 N–H and O–H groups in total. The highest BCUT2D eigenvalue weighted by molar-refractivity contribution is 9.10. The SMILES string of the molecule is COCCNC(=O)[C@H]1CC(=O)N(c2n[nH]c3cc(Br)ccc23)C1. The average molecular weight is 381 g/mol. The Balaban J connectivity index is 1.75. The number of carbonyl (C=O) groups is 2. The summed E-state index contributed by atoms with van der Waals surface area (Å²) in [5.41, 5.74) is 0.843. The van der Waals surface area contributed by atoms with E-state index in [0.717, 1.165) is 15.4 Å². The predicted octanol–water partition coefficient (Wildman–Crippen LogP) is 1.44. The molecular formula is C15H17BrN4O3. The largest absolute Gasteiger partial charge is 0.383 e. The third kappa shape index (κ3) is 3.23. The maximum atomic E-state index is 12.3. The van der Waals surface area contributed by atoms with Gasteiger partial charge in [-0.15, -0.1) is 0 Å². The molecule has 2 amide bonds. The van der Waals surface area contributed by atoms with Gasteiger partial charge in [-0.1, -0.05) is 15.9 Å². The number of nitrogens with one attached hydrogen (secondary N) is 2. The number of hydrogen-bond donors (Lipinski definition) is 2. The Morgan fingerprint density at radius 2 is 2.39 bits per heavy atom. The topological polar surface area (TPSA) is 87.3 Å². The van der Waals surface area contributed by atoms with Crippen molar-refractivity contribution >= 4 is 44.5 Å². The number of anilines is 1. The number of fused-ring (bicyclic) bond motifs is 1. The van der Waals surface area contributed by atoms with Crippen LogP contribution in [0.15, 0.2) is 22.7 Å². The van der Waals surface area contributed by atoms with Crippen LogP contribution in [0.25, 0.3) is 10.9 Å². The van der Waals surface area contributed by atoms with E-state index in [0.29, 0.717) is 25.5 Å². The number of nitrogens with zero attached hydrogens (tertiary/aromatic N) is 2. The van der Waals surface area contributed by atoms with E-state index >= 15 is 0 Å². The molecule has 2 aromatic rings. The fourth-order valence-electron chi connectivity index (χ4n) is 2.69. The molecule has 3 rings (SSSR count). The molecule has 1 aliphatic rings. The van der Waals surface area contributed by atoms with E-state index in [-0.39, 0.29) is 24.2 Å². The second kappa shape index (κ2) is 6.67. The number of amides is 2. The average Bonchev–Trinajstić information content (AvgIpc) is 3.10. The van der Waals surface area contributed by atoms with Crippen molar-refractivity contribution in [3.05, 3.63) is 22.7 Å². The lowest BCUT2D eigenvalue weighted by molar-refractivity contribution is -0.126. The molecule has 1 saturated heterocycles. The van der Waals surface area contributed by atoms with Crippen molar-refractivity contribution in [3.63, 3.8) is 0 Å². The van der Waals surface area contributed by atoms with Crippen LogP contribution in [0.3, 0.4) is 0 Å². The molecule has 1 atom stereocenters. The van der Waals surface area contributed by atoms with Crippen LogP contribution in [-0.4, -0.2) is 48.8 Å². The Kier molecular flexibility index (Phi) is 4.63. The van der Waals surface area contributed by atoms with Crippen LogP contribution in [0.1, 0.15) is 6.42 Å². The summed E-state index contributed by atoms with van der Waals surface area (Å²) in [6, 6.07) is 5.70.